The maximum Gasteiger partial charge on any atom is 0.0503 e. The van der Waals surface area contributed by atoms with Crippen molar-refractivity contribution in [2.75, 3.05) is 23.7 Å². The van der Waals surface area contributed by atoms with Gasteiger partial charge in [-0.25, -0.2) is 0 Å². The molecule has 0 aliphatic carbocycles. The molecule has 88 valence electrons. The van der Waals surface area contributed by atoms with E-state index in [4.69, 9.17) is 5.73 Å². The molecule has 2 N–H and O–H groups in total. The number of nitrogens with zero attached hydrogens (tertiary/aromatic N) is 1. The molecule has 2 nitrogen and oxygen atoms in total. The fourth-order valence-corrected chi connectivity index (χ4v) is 3.21. The van der Waals surface area contributed by atoms with Gasteiger partial charge in [0.05, 0.1) is 5.69 Å². The minimum atomic E-state index is 0.788. The molecule has 1 unspecified atom stereocenters. The topological polar surface area (TPSA) is 29.3 Å². The predicted molar refractivity (Wildman–Crippen MR) is 78.7 cm³/mol. The Morgan fingerprint density at radius 1 is 1.44 bits per heavy atom. The molecule has 1 aliphatic heterocycles. The zero-order chi connectivity index (χ0) is 11.7. The van der Waals surface area contributed by atoms with Gasteiger partial charge in [-0.05, 0) is 59.0 Å². The van der Waals surface area contributed by atoms with E-state index in [9.17, 15) is 0 Å². The van der Waals surface area contributed by atoms with Gasteiger partial charge in [-0.2, -0.15) is 0 Å². The molecule has 1 aromatic carbocycles. The van der Waals surface area contributed by atoms with Crippen molar-refractivity contribution in [2.24, 2.45) is 11.8 Å². The molecule has 0 bridgehead atoms. The third kappa shape index (κ3) is 2.44. The summed E-state index contributed by atoms with van der Waals surface area (Å²) in [5.41, 5.74) is 7.98. The molecule has 0 aromatic heterocycles. The molecule has 3 heteroatoms. The maximum absolute atomic E-state index is 5.78. The lowest BCUT2D eigenvalue weighted by molar-refractivity contribution is 0.423. The van der Waals surface area contributed by atoms with Crippen molar-refractivity contribution < 1.29 is 0 Å². The minimum absolute atomic E-state index is 0.788. The quantitative estimate of drug-likeness (QED) is 0.666. The van der Waals surface area contributed by atoms with Gasteiger partial charge < -0.3 is 10.6 Å². The lowest BCUT2D eigenvalue weighted by atomic mass is 9.95. The van der Waals surface area contributed by atoms with E-state index in [0.717, 1.165) is 17.5 Å². The molecule has 1 atom stereocenters. The van der Waals surface area contributed by atoms with Gasteiger partial charge in [0.15, 0.2) is 0 Å². The van der Waals surface area contributed by atoms with Crippen LogP contribution in [0.5, 0.6) is 0 Å². The van der Waals surface area contributed by atoms with Crippen LogP contribution in [0.4, 0.5) is 11.4 Å². The van der Waals surface area contributed by atoms with Crippen LogP contribution in [-0.2, 0) is 0 Å². The van der Waals surface area contributed by atoms with Gasteiger partial charge in [0, 0.05) is 22.3 Å². The van der Waals surface area contributed by atoms with Crippen molar-refractivity contribution in [1.82, 2.24) is 0 Å². The van der Waals surface area contributed by atoms with Crippen LogP contribution in [0, 0.1) is 15.4 Å². The molecule has 1 fully saturated rings. The molecule has 0 spiro atoms. The number of hydrogen-bond donors (Lipinski definition) is 1. The van der Waals surface area contributed by atoms with E-state index in [1.165, 1.54) is 28.8 Å². The molecule has 2 rings (SSSR count). The highest BCUT2D eigenvalue weighted by Crippen LogP contribution is 2.31. The van der Waals surface area contributed by atoms with E-state index in [1.807, 2.05) is 6.07 Å². The second-order valence-electron chi connectivity index (χ2n) is 4.95. The summed E-state index contributed by atoms with van der Waals surface area (Å²) < 4.78 is 1.27. The van der Waals surface area contributed by atoms with Gasteiger partial charge in [-0.1, -0.05) is 13.8 Å². The fraction of sp³-hybridized carbons (Fsp3) is 0.538. The summed E-state index contributed by atoms with van der Waals surface area (Å²) in [4.78, 5) is 2.49. The first-order chi connectivity index (χ1) is 7.58. The van der Waals surface area contributed by atoms with Crippen molar-refractivity contribution >= 4 is 34.0 Å². The third-order valence-electron chi connectivity index (χ3n) is 3.48. The maximum atomic E-state index is 5.78. The van der Waals surface area contributed by atoms with Crippen molar-refractivity contribution in [3.8, 4) is 0 Å². The number of nitrogens with two attached hydrogens (primary N) is 1. The molecule has 0 amide bonds. The Morgan fingerprint density at radius 2 is 2.19 bits per heavy atom. The van der Waals surface area contributed by atoms with Gasteiger partial charge in [0.1, 0.15) is 0 Å². The van der Waals surface area contributed by atoms with Gasteiger partial charge in [0.25, 0.3) is 0 Å². The van der Waals surface area contributed by atoms with E-state index in [1.54, 1.807) is 0 Å². The summed E-state index contributed by atoms with van der Waals surface area (Å²) in [6, 6.07) is 6.21. The predicted octanol–water partition coefficient (Wildman–Crippen LogP) is 3.36. The van der Waals surface area contributed by atoms with Crippen LogP contribution in [0.1, 0.15) is 20.3 Å². The zero-order valence-corrected chi connectivity index (χ0v) is 12.1. The van der Waals surface area contributed by atoms with E-state index < -0.39 is 0 Å². The summed E-state index contributed by atoms with van der Waals surface area (Å²) in [6.07, 6.45) is 1.32. The van der Waals surface area contributed by atoms with Crippen molar-refractivity contribution in [3.63, 3.8) is 0 Å². The van der Waals surface area contributed by atoms with Gasteiger partial charge in [0.2, 0.25) is 0 Å². The molecule has 0 radical (unpaired) electrons. The normalized spacial score (nSPS) is 20.8. The number of halogens is 1. The van der Waals surface area contributed by atoms with Crippen LogP contribution in [0.2, 0.25) is 0 Å². The molecule has 1 saturated heterocycles. The summed E-state index contributed by atoms with van der Waals surface area (Å²) in [5.74, 6) is 1.63. The van der Waals surface area contributed by atoms with E-state index >= 15 is 0 Å². The summed E-state index contributed by atoms with van der Waals surface area (Å²) in [5, 5.41) is 0. The van der Waals surface area contributed by atoms with E-state index in [0.29, 0.717) is 0 Å². The first-order valence-electron chi connectivity index (χ1n) is 5.88. The number of nitrogen functional groups attached to an aromatic ring is 1. The second-order valence-corrected chi connectivity index (χ2v) is 6.11. The van der Waals surface area contributed by atoms with Crippen LogP contribution < -0.4 is 10.6 Å². The Bertz CT molecular complexity index is 376. The lowest BCUT2D eigenvalue weighted by Gasteiger charge is -2.21. The van der Waals surface area contributed by atoms with Crippen LogP contribution >= 0.6 is 22.6 Å². The van der Waals surface area contributed by atoms with Crippen molar-refractivity contribution in [2.45, 2.75) is 20.3 Å². The molecule has 1 aromatic rings. The summed E-state index contributed by atoms with van der Waals surface area (Å²) in [6.45, 7) is 7.02. The van der Waals surface area contributed by atoms with Gasteiger partial charge in [-0.3, -0.25) is 0 Å². The highest BCUT2D eigenvalue weighted by Gasteiger charge is 2.25. The average molecular weight is 330 g/mol. The highest BCUT2D eigenvalue weighted by atomic mass is 127. The second kappa shape index (κ2) is 4.82. The summed E-state index contributed by atoms with van der Waals surface area (Å²) in [7, 11) is 0. The number of anilines is 2. The molecule has 1 heterocycles. The molecule has 1 aliphatic rings. The highest BCUT2D eigenvalue weighted by molar-refractivity contribution is 14.1. The SMILES string of the molecule is CC(C)C1CCN(c2ccc(N)cc2I)C1. The zero-order valence-electron chi connectivity index (χ0n) is 9.91. The Kier molecular flexibility index (Phi) is 3.62. The van der Waals surface area contributed by atoms with E-state index in [2.05, 4.69) is 53.5 Å². The Balaban J connectivity index is 2.14. The van der Waals surface area contributed by atoms with Crippen LogP contribution in [0.3, 0.4) is 0 Å². The first-order valence-corrected chi connectivity index (χ1v) is 6.96. The molecular formula is C13H19IN2. The fourth-order valence-electron chi connectivity index (χ4n) is 2.33. The third-order valence-corrected chi connectivity index (χ3v) is 4.34. The number of rotatable bonds is 2. The Labute approximate surface area is 111 Å². The van der Waals surface area contributed by atoms with E-state index in [-0.39, 0.29) is 0 Å². The van der Waals surface area contributed by atoms with Crippen molar-refractivity contribution in [1.29, 1.82) is 0 Å². The van der Waals surface area contributed by atoms with Gasteiger partial charge >= 0.3 is 0 Å². The number of hydrogen-bond acceptors (Lipinski definition) is 2. The largest absolute Gasteiger partial charge is 0.399 e. The Hall–Kier alpha value is -0.450. The molecule has 16 heavy (non-hydrogen) atoms. The number of benzene rings is 1. The first kappa shape index (κ1) is 12.0. The van der Waals surface area contributed by atoms with Crippen molar-refractivity contribution in [3.05, 3.63) is 21.8 Å². The standard InChI is InChI=1S/C13H19IN2/c1-9(2)10-5-6-16(8-10)13-4-3-11(15)7-12(13)14/h3-4,7,9-10H,5-6,8,15H2,1-2H3. The van der Waals surface area contributed by atoms with Crippen LogP contribution in [-0.4, -0.2) is 13.1 Å². The Morgan fingerprint density at radius 3 is 2.75 bits per heavy atom. The lowest BCUT2D eigenvalue weighted by Crippen LogP contribution is -2.22. The smallest absolute Gasteiger partial charge is 0.0503 e. The van der Waals surface area contributed by atoms with Crippen LogP contribution in [0.25, 0.3) is 0 Å². The average Bonchev–Trinajstić information content (AvgIpc) is 2.66. The van der Waals surface area contributed by atoms with Gasteiger partial charge in [-0.15, -0.1) is 0 Å². The molecular weight excluding hydrogens is 311 g/mol. The minimum Gasteiger partial charge on any atom is -0.399 e. The summed E-state index contributed by atoms with van der Waals surface area (Å²) >= 11 is 2.38. The monoisotopic (exact) mass is 330 g/mol. The molecule has 0 saturated carbocycles. The van der Waals surface area contributed by atoms with Crippen LogP contribution in [0.15, 0.2) is 18.2 Å².